The first-order chi connectivity index (χ1) is 10.7. The van der Waals surface area contributed by atoms with E-state index in [4.69, 9.17) is 9.47 Å². The first-order valence-corrected chi connectivity index (χ1v) is 7.93. The Labute approximate surface area is 131 Å². The van der Waals surface area contributed by atoms with Crippen molar-refractivity contribution >= 4 is 21.4 Å². The van der Waals surface area contributed by atoms with E-state index in [-0.39, 0.29) is 0 Å². The van der Waals surface area contributed by atoms with E-state index in [9.17, 15) is 0 Å². The van der Waals surface area contributed by atoms with Crippen LogP contribution in [-0.2, 0) is 6.54 Å². The number of nitrogens with zero attached hydrogens (tertiary/aromatic N) is 4. The molecule has 4 rings (SSSR count). The van der Waals surface area contributed by atoms with Crippen molar-refractivity contribution < 1.29 is 9.47 Å². The van der Waals surface area contributed by atoms with Gasteiger partial charge in [-0.25, -0.2) is 9.50 Å². The molecule has 0 amide bonds. The highest BCUT2D eigenvalue weighted by Gasteiger charge is 2.14. The van der Waals surface area contributed by atoms with E-state index < -0.39 is 0 Å². The maximum Gasteiger partial charge on any atom is 0.214 e. The first-order valence-electron chi connectivity index (χ1n) is 7.11. The van der Waals surface area contributed by atoms with Gasteiger partial charge in [0.15, 0.2) is 11.5 Å². The van der Waals surface area contributed by atoms with Gasteiger partial charge in [0.2, 0.25) is 10.1 Å². The van der Waals surface area contributed by atoms with Gasteiger partial charge in [0.05, 0.1) is 11.9 Å². The molecule has 22 heavy (non-hydrogen) atoms. The van der Waals surface area contributed by atoms with E-state index in [1.807, 2.05) is 36.8 Å². The normalized spacial score (nSPS) is 13.5. The fourth-order valence-corrected chi connectivity index (χ4v) is 3.37. The van der Waals surface area contributed by atoms with Crippen molar-refractivity contribution in [3.05, 3.63) is 35.7 Å². The Morgan fingerprint density at radius 2 is 2.09 bits per heavy atom. The molecule has 114 valence electrons. The van der Waals surface area contributed by atoms with Crippen LogP contribution in [0.5, 0.6) is 11.5 Å². The van der Waals surface area contributed by atoms with Gasteiger partial charge >= 0.3 is 0 Å². The predicted octanol–water partition coefficient (Wildman–Crippen LogP) is 2.51. The van der Waals surface area contributed by atoms with Gasteiger partial charge in [-0.2, -0.15) is 0 Å². The van der Waals surface area contributed by atoms with Crippen molar-refractivity contribution in [2.24, 2.45) is 0 Å². The second-order valence-electron chi connectivity index (χ2n) is 5.33. The molecule has 1 aliphatic rings. The van der Waals surface area contributed by atoms with Crippen molar-refractivity contribution in [2.75, 3.05) is 25.2 Å². The minimum atomic E-state index is 0.606. The van der Waals surface area contributed by atoms with Crippen molar-refractivity contribution in [1.29, 1.82) is 0 Å². The topological polar surface area (TPSA) is 51.9 Å². The molecule has 0 bridgehead atoms. The Morgan fingerprint density at radius 3 is 2.91 bits per heavy atom. The molecule has 0 saturated heterocycles. The van der Waals surface area contributed by atoms with Gasteiger partial charge in [-0.05, 0) is 24.6 Å². The van der Waals surface area contributed by atoms with Gasteiger partial charge in [-0.15, -0.1) is 5.10 Å². The van der Waals surface area contributed by atoms with Crippen molar-refractivity contribution in [2.45, 2.75) is 13.5 Å². The molecule has 7 heteroatoms. The zero-order valence-corrected chi connectivity index (χ0v) is 13.3. The second-order valence-corrected chi connectivity index (χ2v) is 6.26. The average molecular weight is 316 g/mol. The maximum absolute atomic E-state index is 5.63. The Morgan fingerprint density at radius 1 is 1.27 bits per heavy atom. The second kappa shape index (κ2) is 5.17. The van der Waals surface area contributed by atoms with Crippen LogP contribution >= 0.6 is 11.3 Å². The number of fused-ring (bicyclic) bond motifs is 2. The third kappa shape index (κ3) is 2.37. The third-order valence-electron chi connectivity index (χ3n) is 3.51. The van der Waals surface area contributed by atoms with Crippen LogP contribution in [0.3, 0.4) is 0 Å². The van der Waals surface area contributed by atoms with E-state index in [0.717, 1.165) is 39.4 Å². The smallest absolute Gasteiger partial charge is 0.214 e. The fraction of sp³-hybridized carbons (Fsp3) is 0.333. The molecule has 0 spiro atoms. The van der Waals surface area contributed by atoms with Crippen LogP contribution in [0.2, 0.25) is 0 Å². The zero-order valence-electron chi connectivity index (χ0n) is 12.4. The van der Waals surface area contributed by atoms with Crippen LogP contribution < -0.4 is 14.4 Å². The first kappa shape index (κ1) is 13.4. The monoisotopic (exact) mass is 316 g/mol. The molecule has 0 saturated carbocycles. The van der Waals surface area contributed by atoms with Crippen LogP contribution in [0.15, 0.2) is 24.4 Å². The van der Waals surface area contributed by atoms with Gasteiger partial charge in [-0.1, -0.05) is 17.4 Å². The summed E-state index contributed by atoms with van der Waals surface area (Å²) in [5.41, 5.74) is 2.15. The van der Waals surface area contributed by atoms with Gasteiger partial charge < -0.3 is 14.4 Å². The molecule has 1 aliphatic heterocycles. The van der Waals surface area contributed by atoms with Gasteiger partial charge in [0, 0.05) is 13.6 Å². The summed E-state index contributed by atoms with van der Waals surface area (Å²) in [7, 11) is 2.03. The third-order valence-corrected chi connectivity index (χ3v) is 4.54. The quantitative estimate of drug-likeness (QED) is 0.743. The minimum Gasteiger partial charge on any atom is -0.486 e. The number of aryl methyl sites for hydroxylation is 1. The Bertz CT molecular complexity index is 795. The van der Waals surface area contributed by atoms with Crippen LogP contribution in [0.4, 0.5) is 5.13 Å². The van der Waals surface area contributed by atoms with Crippen molar-refractivity contribution in [3.8, 4) is 11.5 Å². The number of hydrogen-bond donors (Lipinski definition) is 0. The van der Waals surface area contributed by atoms with Crippen molar-refractivity contribution in [1.82, 2.24) is 14.6 Å². The van der Waals surface area contributed by atoms with Gasteiger partial charge in [-0.3, -0.25) is 0 Å². The average Bonchev–Trinajstić information content (AvgIpc) is 3.04. The molecule has 0 unspecified atom stereocenters. The summed E-state index contributed by atoms with van der Waals surface area (Å²) in [5.74, 6) is 1.64. The molecular formula is C15H16N4O2S. The summed E-state index contributed by atoms with van der Waals surface area (Å²) in [6, 6.07) is 6.07. The van der Waals surface area contributed by atoms with E-state index >= 15 is 0 Å². The van der Waals surface area contributed by atoms with Crippen molar-refractivity contribution in [3.63, 3.8) is 0 Å². The molecule has 2 aromatic heterocycles. The lowest BCUT2D eigenvalue weighted by Crippen LogP contribution is -2.18. The molecule has 3 aromatic rings. The summed E-state index contributed by atoms with van der Waals surface area (Å²) < 4.78 is 13.0. The lowest BCUT2D eigenvalue weighted by Gasteiger charge is -2.20. The number of benzene rings is 1. The largest absolute Gasteiger partial charge is 0.486 e. The predicted molar refractivity (Wildman–Crippen MR) is 85.1 cm³/mol. The van der Waals surface area contributed by atoms with Crippen LogP contribution in [-0.4, -0.2) is 34.9 Å². The van der Waals surface area contributed by atoms with Gasteiger partial charge in [0.1, 0.15) is 13.2 Å². The lowest BCUT2D eigenvalue weighted by atomic mass is 10.2. The number of anilines is 1. The summed E-state index contributed by atoms with van der Waals surface area (Å²) in [4.78, 5) is 7.47. The van der Waals surface area contributed by atoms with Crippen LogP contribution in [0, 0.1) is 6.92 Å². The Kier molecular flexibility index (Phi) is 3.15. The Hall–Kier alpha value is -2.28. The minimum absolute atomic E-state index is 0.606. The number of hydrogen-bond acceptors (Lipinski definition) is 6. The number of imidazole rings is 1. The van der Waals surface area contributed by atoms with E-state index in [2.05, 4.69) is 21.0 Å². The summed E-state index contributed by atoms with van der Waals surface area (Å²) >= 11 is 1.58. The summed E-state index contributed by atoms with van der Waals surface area (Å²) in [6.07, 6.45) is 1.94. The number of ether oxygens (including phenoxy) is 2. The van der Waals surface area contributed by atoms with E-state index in [1.165, 1.54) is 0 Å². The molecule has 0 radical (unpaired) electrons. The number of rotatable bonds is 3. The molecule has 0 N–H and O–H groups in total. The van der Waals surface area contributed by atoms with E-state index in [0.29, 0.717) is 13.2 Å². The lowest BCUT2D eigenvalue weighted by molar-refractivity contribution is 0.171. The zero-order chi connectivity index (χ0) is 15.1. The van der Waals surface area contributed by atoms with Crippen LogP contribution in [0.1, 0.15) is 11.3 Å². The molecular weight excluding hydrogens is 300 g/mol. The SMILES string of the molecule is Cc1cn2nc(N(C)Cc3ccc4c(c3)OCCO4)sc2n1. The number of aromatic nitrogens is 3. The fourth-order valence-electron chi connectivity index (χ4n) is 2.48. The molecule has 0 aliphatic carbocycles. The van der Waals surface area contributed by atoms with E-state index in [1.54, 1.807) is 11.3 Å². The van der Waals surface area contributed by atoms with Gasteiger partial charge in [0.25, 0.3) is 0 Å². The maximum atomic E-state index is 5.63. The standard InChI is InChI=1S/C15H16N4O2S/c1-10-8-19-14(16-10)22-15(17-19)18(2)9-11-3-4-12-13(7-11)21-6-5-20-12/h3-4,7-8H,5-6,9H2,1-2H3. The molecule has 3 heterocycles. The highest BCUT2D eigenvalue weighted by atomic mass is 32.1. The van der Waals surface area contributed by atoms with Crippen LogP contribution in [0.25, 0.3) is 4.96 Å². The highest BCUT2D eigenvalue weighted by molar-refractivity contribution is 7.20. The highest BCUT2D eigenvalue weighted by Crippen LogP contribution is 2.31. The summed E-state index contributed by atoms with van der Waals surface area (Å²) in [5, 5.41) is 5.50. The molecule has 0 fully saturated rings. The molecule has 1 aromatic carbocycles. The molecule has 6 nitrogen and oxygen atoms in total. The molecule has 0 atom stereocenters. The summed E-state index contributed by atoms with van der Waals surface area (Å²) in [6.45, 7) is 3.95. The Balaban J connectivity index is 1.55.